The molecule has 4 aliphatic rings. The average Bonchev–Trinajstić information content (AvgIpc) is 3.08. The Morgan fingerprint density at radius 2 is 0.412 bits per heavy atom. The minimum absolute atomic E-state index is 0.000484. The van der Waals surface area contributed by atoms with Crippen LogP contribution in [0.3, 0.4) is 0 Å². The molecule has 0 amide bonds. The van der Waals surface area contributed by atoms with Crippen molar-refractivity contribution in [2.24, 2.45) is 0 Å². The molecular weight excluding hydrogens is 857 g/mol. The normalized spacial score (nSPS) is 23.9. The number of rotatable bonds is 22. The van der Waals surface area contributed by atoms with Crippen LogP contribution in [-0.2, 0) is 38.1 Å². The van der Waals surface area contributed by atoms with Crippen LogP contribution in [0.25, 0.3) is 0 Å². The lowest BCUT2D eigenvalue weighted by molar-refractivity contribution is -0.154. The summed E-state index contributed by atoms with van der Waals surface area (Å²) in [6, 6.07) is 0. The molecule has 0 unspecified atom stereocenters. The zero-order chi connectivity index (χ0) is 51.2. The van der Waals surface area contributed by atoms with E-state index in [1.54, 1.807) is 0 Å². The minimum Gasteiger partial charge on any atom is -0.462 e. The molecule has 0 aromatic heterocycles. The van der Waals surface area contributed by atoms with Crippen LogP contribution in [0, 0.1) is 0 Å². The standard InChI is InChI=1S/2C28H52N2O4/c2*1-25(2)17-21(18-26(3,4)29-25)33-23(31)15-13-11-9-10-12-14-16-24(32)34-22-19-27(5,6)30-28(7,8)20-22/h2*21-22,29-30H,9-20H2,1-8H3. The Morgan fingerprint density at radius 1 is 0.279 bits per heavy atom. The molecule has 4 heterocycles. The average molecular weight is 961 g/mol. The number of carbonyl (C=O) groups is 4. The van der Waals surface area contributed by atoms with Crippen LogP contribution in [0.5, 0.6) is 0 Å². The van der Waals surface area contributed by atoms with Crippen molar-refractivity contribution in [3.05, 3.63) is 0 Å². The summed E-state index contributed by atoms with van der Waals surface area (Å²) >= 11 is 0. The molecule has 12 nitrogen and oxygen atoms in total. The molecule has 4 N–H and O–H groups in total. The second kappa shape index (κ2) is 25.4. The van der Waals surface area contributed by atoms with Crippen LogP contribution >= 0.6 is 0 Å². The largest absolute Gasteiger partial charge is 0.462 e. The molecular formula is C56H104N4O8. The highest BCUT2D eigenvalue weighted by Crippen LogP contribution is 2.34. The molecule has 4 saturated heterocycles. The van der Waals surface area contributed by atoms with E-state index in [0.717, 1.165) is 128 Å². The molecule has 68 heavy (non-hydrogen) atoms. The van der Waals surface area contributed by atoms with Gasteiger partial charge in [0, 0.05) is 121 Å². The van der Waals surface area contributed by atoms with Crippen LogP contribution in [0.15, 0.2) is 0 Å². The van der Waals surface area contributed by atoms with Gasteiger partial charge in [-0.2, -0.15) is 0 Å². The fourth-order valence-corrected chi connectivity index (χ4v) is 12.7. The number of unbranched alkanes of at least 4 members (excludes halogenated alkanes) is 10. The fourth-order valence-electron chi connectivity index (χ4n) is 12.7. The maximum Gasteiger partial charge on any atom is 0.306 e. The van der Waals surface area contributed by atoms with Gasteiger partial charge in [0.2, 0.25) is 0 Å². The number of nitrogens with one attached hydrogen (secondary N) is 4. The summed E-state index contributed by atoms with van der Waals surface area (Å²) < 4.78 is 23.2. The molecule has 0 aromatic carbocycles. The molecule has 396 valence electrons. The van der Waals surface area contributed by atoms with Crippen LogP contribution in [-0.4, -0.2) is 92.6 Å². The predicted molar refractivity (Wildman–Crippen MR) is 276 cm³/mol. The van der Waals surface area contributed by atoms with Crippen molar-refractivity contribution in [1.82, 2.24) is 21.3 Å². The van der Waals surface area contributed by atoms with Crippen LogP contribution in [0.1, 0.15) is 265 Å². The highest BCUT2D eigenvalue weighted by Gasteiger charge is 2.42. The Kier molecular flexibility index (Phi) is 22.4. The first-order valence-electron chi connectivity index (χ1n) is 27.1. The van der Waals surface area contributed by atoms with Crippen molar-refractivity contribution in [3.8, 4) is 0 Å². The van der Waals surface area contributed by atoms with Gasteiger partial charge >= 0.3 is 23.9 Å². The minimum atomic E-state index is -0.0643. The fraction of sp³-hybridized carbons (Fsp3) is 0.929. The van der Waals surface area contributed by atoms with Crippen molar-refractivity contribution in [3.63, 3.8) is 0 Å². The zero-order valence-corrected chi connectivity index (χ0v) is 46.5. The molecule has 4 fully saturated rings. The Bertz CT molecular complexity index is 1300. The number of ether oxygens (including phenoxy) is 4. The number of piperidine rings is 4. The molecule has 4 aliphatic heterocycles. The van der Waals surface area contributed by atoms with E-state index in [4.69, 9.17) is 18.9 Å². The maximum absolute atomic E-state index is 12.3. The van der Waals surface area contributed by atoms with E-state index in [-0.39, 0.29) is 92.6 Å². The first kappa shape index (κ1) is 60.0. The van der Waals surface area contributed by atoms with Gasteiger partial charge in [0.25, 0.3) is 0 Å². The third-order valence-electron chi connectivity index (χ3n) is 13.8. The Labute approximate surface area is 415 Å². The van der Waals surface area contributed by atoms with Crippen LogP contribution in [0.4, 0.5) is 0 Å². The Morgan fingerprint density at radius 3 is 0.559 bits per heavy atom. The number of hydrogen-bond donors (Lipinski definition) is 4. The maximum atomic E-state index is 12.3. The van der Waals surface area contributed by atoms with E-state index in [1.807, 2.05) is 0 Å². The third-order valence-corrected chi connectivity index (χ3v) is 13.8. The van der Waals surface area contributed by atoms with E-state index in [1.165, 1.54) is 0 Å². The Balaban J connectivity index is 0.000000360. The van der Waals surface area contributed by atoms with Crippen LogP contribution in [0.2, 0.25) is 0 Å². The summed E-state index contributed by atoms with van der Waals surface area (Å²) in [5.74, 6) is -0.257. The molecule has 0 atom stereocenters. The van der Waals surface area contributed by atoms with Gasteiger partial charge in [-0.15, -0.1) is 0 Å². The van der Waals surface area contributed by atoms with Crippen molar-refractivity contribution < 1.29 is 38.1 Å². The highest BCUT2D eigenvalue weighted by atomic mass is 16.6. The molecule has 0 aliphatic carbocycles. The molecule has 0 bridgehead atoms. The topological polar surface area (TPSA) is 153 Å². The zero-order valence-electron chi connectivity index (χ0n) is 46.5. The molecule has 12 heteroatoms. The Hall–Kier alpha value is -2.28. The van der Waals surface area contributed by atoms with Gasteiger partial charge in [-0.1, -0.05) is 51.4 Å². The van der Waals surface area contributed by atoms with Crippen molar-refractivity contribution in [2.75, 3.05) is 0 Å². The van der Waals surface area contributed by atoms with Gasteiger partial charge in [0.1, 0.15) is 24.4 Å². The van der Waals surface area contributed by atoms with Crippen LogP contribution < -0.4 is 21.3 Å². The van der Waals surface area contributed by atoms with Gasteiger partial charge in [0.05, 0.1) is 0 Å². The van der Waals surface area contributed by atoms with Crippen molar-refractivity contribution in [1.29, 1.82) is 0 Å². The summed E-state index contributed by atoms with van der Waals surface area (Å²) in [4.78, 5) is 49.2. The smallest absolute Gasteiger partial charge is 0.306 e. The lowest BCUT2D eigenvalue weighted by Gasteiger charge is -2.46. The van der Waals surface area contributed by atoms with Gasteiger partial charge < -0.3 is 40.2 Å². The summed E-state index contributed by atoms with van der Waals surface area (Å²) in [6.07, 6.45) is 20.9. The second-order valence-corrected chi connectivity index (χ2v) is 26.9. The lowest BCUT2D eigenvalue weighted by Crippen LogP contribution is -2.59. The van der Waals surface area contributed by atoms with Gasteiger partial charge in [-0.05, 0) is 136 Å². The van der Waals surface area contributed by atoms with E-state index >= 15 is 0 Å². The van der Waals surface area contributed by atoms with Crippen molar-refractivity contribution >= 4 is 23.9 Å². The molecule has 0 aromatic rings. The monoisotopic (exact) mass is 961 g/mol. The predicted octanol–water partition coefficient (Wildman–Crippen LogP) is 11.6. The molecule has 0 saturated carbocycles. The number of esters is 4. The molecule has 4 rings (SSSR count). The lowest BCUT2D eigenvalue weighted by atomic mass is 9.81. The second-order valence-electron chi connectivity index (χ2n) is 26.9. The summed E-state index contributed by atoms with van der Waals surface area (Å²) in [5, 5.41) is 14.5. The number of carbonyl (C=O) groups excluding carboxylic acids is 4. The van der Waals surface area contributed by atoms with Gasteiger partial charge in [-0.3, -0.25) is 19.2 Å². The SMILES string of the molecule is CC1(C)CC(OC(=O)CCCCCCCCC(=O)OC2CC(C)(C)NC(C)(C)C2)CC(C)(C)N1.CC1(C)CC(OC(=O)CCCCCCCCC(=O)OC2CC(C)(C)NC(C)(C)C2)CC(C)(C)N1. The summed E-state index contributed by atoms with van der Waals surface area (Å²) in [7, 11) is 0. The quantitative estimate of drug-likeness (QED) is 0.0464. The van der Waals surface area contributed by atoms with Gasteiger partial charge in [0.15, 0.2) is 0 Å². The molecule has 0 spiro atoms. The molecule has 0 radical (unpaired) electrons. The number of hydrogen-bond acceptors (Lipinski definition) is 12. The first-order valence-corrected chi connectivity index (χ1v) is 27.1. The van der Waals surface area contributed by atoms with E-state index < -0.39 is 0 Å². The van der Waals surface area contributed by atoms with Crippen molar-refractivity contribution in [2.45, 2.75) is 334 Å². The van der Waals surface area contributed by atoms with E-state index in [2.05, 4.69) is 132 Å². The van der Waals surface area contributed by atoms with Gasteiger partial charge in [-0.25, -0.2) is 0 Å². The summed E-state index contributed by atoms with van der Waals surface area (Å²) in [6.45, 7) is 34.7. The summed E-state index contributed by atoms with van der Waals surface area (Å²) in [5.41, 5.74) is -0.112. The van der Waals surface area contributed by atoms with E-state index in [9.17, 15) is 19.2 Å². The third kappa shape index (κ3) is 25.2. The van der Waals surface area contributed by atoms with E-state index in [0.29, 0.717) is 25.7 Å². The first-order chi connectivity index (χ1) is 31.1. The highest BCUT2D eigenvalue weighted by molar-refractivity contribution is 5.70.